The predicted octanol–water partition coefficient (Wildman–Crippen LogP) is 0.221. The first-order valence-electron chi connectivity index (χ1n) is 7.78. The van der Waals surface area contributed by atoms with Gasteiger partial charge in [0.25, 0.3) is 5.56 Å². The standard InChI is InChI=1S/C16H22N4O3.ClH/c1-23-11-2-3-13-14(8-11)20(16(22)9-18-13)7-6-19-5-4-12(17)15(21)10-19;/h2-3,8-9,12,15,21H,4-7,10,17H2,1H3;1H. The van der Waals surface area contributed by atoms with Gasteiger partial charge in [-0.15, -0.1) is 12.4 Å². The Kier molecular flexibility index (Phi) is 6.17. The third-order valence-electron chi connectivity index (χ3n) is 4.41. The third kappa shape index (κ3) is 3.87. The van der Waals surface area contributed by atoms with E-state index in [1.165, 1.54) is 6.20 Å². The molecule has 2 heterocycles. The summed E-state index contributed by atoms with van der Waals surface area (Å²) in [6, 6.07) is 5.34. The van der Waals surface area contributed by atoms with Crippen molar-refractivity contribution in [1.29, 1.82) is 0 Å². The molecule has 2 atom stereocenters. The number of β-amino-alcohol motifs (C(OH)–C–C–N with tert-alkyl or cyclic N) is 1. The van der Waals surface area contributed by atoms with Crippen molar-refractivity contribution in [1.82, 2.24) is 14.5 Å². The fraction of sp³-hybridized carbons (Fsp3) is 0.500. The summed E-state index contributed by atoms with van der Waals surface area (Å²) in [6.45, 7) is 2.59. The number of rotatable bonds is 4. The van der Waals surface area contributed by atoms with Crippen molar-refractivity contribution in [3.05, 3.63) is 34.7 Å². The Morgan fingerprint density at radius 2 is 2.21 bits per heavy atom. The van der Waals surface area contributed by atoms with Crippen molar-refractivity contribution in [2.75, 3.05) is 26.7 Å². The summed E-state index contributed by atoms with van der Waals surface area (Å²) >= 11 is 0. The van der Waals surface area contributed by atoms with E-state index in [1.54, 1.807) is 11.7 Å². The summed E-state index contributed by atoms with van der Waals surface area (Å²) < 4.78 is 6.94. The molecule has 3 rings (SSSR count). The topological polar surface area (TPSA) is 93.6 Å². The second kappa shape index (κ2) is 7.94. The zero-order chi connectivity index (χ0) is 16.4. The number of hydrogen-bond acceptors (Lipinski definition) is 6. The smallest absolute Gasteiger partial charge is 0.269 e. The van der Waals surface area contributed by atoms with E-state index < -0.39 is 6.10 Å². The minimum Gasteiger partial charge on any atom is -0.497 e. The molecule has 2 aromatic rings. The zero-order valence-electron chi connectivity index (χ0n) is 13.6. The number of aliphatic hydroxyl groups is 1. The first kappa shape index (κ1) is 18.7. The minimum absolute atomic E-state index is 0. The molecule has 0 amide bonds. The summed E-state index contributed by atoms with van der Waals surface area (Å²) in [4.78, 5) is 18.5. The highest BCUT2D eigenvalue weighted by Gasteiger charge is 2.24. The van der Waals surface area contributed by atoms with Crippen LogP contribution in [0.15, 0.2) is 29.2 Å². The van der Waals surface area contributed by atoms with Crippen molar-refractivity contribution >= 4 is 23.4 Å². The fourth-order valence-electron chi connectivity index (χ4n) is 2.96. The predicted molar refractivity (Wildman–Crippen MR) is 94.8 cm³/mol. The molecule has 132 valence electrons. The summed E-state index contributed by atoms with van der Waals surface area (Å²) in [5.41, 5.74) is 7.20. The van der Waals surface area contributed by atoms with Crippen LogP contribution in [0.25, 0.3) is 11.0 Å². The second-order valence-corrected chi connectivity index (χ2v) is 5.92. The fourth-order valence-corrected chi connectivity index (χ4v) is 2.96. The van der Waals surface area contributed by atoms with Crippen LogP contribution in [0, 0.1) is 0 Å². The third-order valence-corrected chi connectivity index (χ3v) is 4.41. The van der Waals surface area contributed by atoms with Crippen molar-refractivity contribution < 1.29 is 9.84 Å². The number of halogens is 1. The molecule has 3 N–H and O–H groups in total. The van der Waals surface area contributed by atoms with E-state index in [1.807, 2.05) is 18.2 Å². The van der Waals surface area contributed by atoms with E-state index in [4.69, 9.17) is 10.5 Å². The molecular weight excluding hydrogens is 332 g/mol. The van der Waals surface area contributed by atoms with Gasteiger partial charge in [-0.2, -0.15) is 0 Å². The maximum absolute atomic E-state index is 12.2. The van der Waals surface area contributed by atoms with E-state index in [0.717, 1.165) is 24.0 Å². The van der Waals surface area contributed by atoms with Gasteiger partial charge in [-0.1, -0.05) is 0 Å². The lowest BCUT2D eigenvalue weighted by molar-refractivity contribution is 0.0520. The van der Waals surface area contributed by atoms with E-state index in [2.05, 4.69) is 9.88 Å². The maximum atomic E-state index is 12.2. The first-order valence-corrected chi connectivity index (χ1v) is 7.78. The van der Waals surface area contributed by atoms with Gasteiger partial charge in [0.2, 0.25) is 0 Å². The summed E-state index contributed by atoms with van der Waals surface area (Å²) in [7, 11) is 1.60. The van der Waals surface area contributed by atoms with E-state index >= 15 is 0 Å². The molecule has 0 saturated carbocycles. The number of nitrogens with two attached hydrogens (primary N) is 1. The van der Waals surface area contributed by atoms with Gasteiger partial charge in [0.15, 0.2) is 0 Å². The number of benzene rings is 1. The summed E-state index contributed by atoms with van der Waals surface area (Å²) in [5, 5.41) is 9.88. The number of aliphatic hydroxyl groups excluding tert-OH is 1. The van der Waals surface area contributed by atoms with Crippen molar-refractivity contribution in [3.63, 3.8) is 0 Å². The number of nitrogens with zero attached hydrogens (tertiary/aromatic N) is 3. The van der Waals surface area contributed by atoms with Crippen LogP contribution in [0.1, 0.15) is 6.42 Å². The largest absolute Gasteiger partial charge is 0.497 e. The molecule has 7 nitrogen and oxygen atoms in total. The van der Waals surface area contributed by atoms with Crippen LogP contribution in [0.2, 0.25) is 0 Å². The van der Waals surface area contributed by atoms with Gasteiger partial charge in [0.05, 0.1) is 30.4 Å². The monoisotopic (exact) mass is 354 g/mol. The van der Waals surface area contributed by atoms with Gasteiger partial charge < -0.3 is 20.1 Å². The molecule has 0 radical (unpaired) electrons. The Morgan fingerprint density at radius 1 is 1.42 bits per heavy atom. The Bertz CT molecular complexity index is 752. The lowest BCUT2D eigenvalue weighted by Gasteiger charge is -2.34. The van der Waals surface area contributed by atoms with Gasteiger partial charge in [0.1, 0.15) is 5.75 Å². The number of likely N-dealkylation sites (tertiary alicyclic amines) is 1. The molecule has 2 unspecified atom stereocenters. The van der Waals surface area contributed by atoms with Gasteiger partial charge >= 0.3 is 0 Å². The highest BCUT2D eigenvalue weighted by molar-refractivity contribution is 5.85. The first-order chi connectivity index (χ1) is 11.1. The number of aromatic nitrogens is 2. The Balaban J connectivity index is 0.00000208. The van der Waals surface area contributed by atoms with Gasteiger partial charge in [-0.25, -0.2) is 4.98 Å². The van der Waals surface area contributed by atoms with Crippen molar-refractivity contribution in [2.24, 2.45) is 5.73 Å². The SMILES string of the molecule is COc1ccc2ncc(=O)n(CCN3CCC(N)C(O)C3)c2c1.Cl. The Morgan fingerprint density at radius 3 is 2.92 bits per heavy atom. The van der Waals surface area contributed by atoms with E-state index in [0.29, 0.717) is 25.4 Å². The van der Waals surface area contributed by atoms with Crippen LogP contribution in [0.4, 0.5) is 0 Å². The van der Waals surface area contributed by atoms with Crippen LogP contribution in [0.5, 0.6) is 5.75 Å². The molecule has 1 aromatic heterocycles. The summed E-state index contributed by atoms with van der Waals surface area (Å²) in [5.74, 6) is 0.693. The summed E-state index contributed by atoms with van der Waals surface area (Å²) in [6.07, 6.45) is 1.60. The Labute approximate surface area is 146 Å². The highest BCUT2D eigenvalue weighted by Crippen LogP contribution is 2.18. The van der Waals surface area contributed by atoms with Crippen LogP contribution in [-0.4, -0.2) is 58.4 Å². The molecule has 1 aliphatic heterocycles. The number of piperidine rings is 1. The molecule has 0 aliphatic carbocycles. The molecule has 0 spiro atoms. The van der Waals surface area contributed by atoms with Gasteiger partial charge in [-0.05, 0) is 25.1 Å². The van der Waals surface area contributed by atoms with Crippen LogP contribution in [0.3, 0.4) is 0 Å². The van der Waals surface area contributed by atoms with Crippen LogP contribution < -0.4 is 16.0 Å². The van der Waals surface area contributed by atoms with E-state index in [9.17, 15) is 9.90 Å². The normalized spacial score (nSPS) is 21.5. The molecule has 1 fully saturated rings. The number of ether oxygens (including phenoxy) is 1. The van der Waals surface area contributed by atoms with Crippen LogP contribution in [-0.2, 0) is 6.54 Å². The van der Waals surface area contributed by atoms with Gasteiger partial charge in [0, 0.05) is 31.7 Å². The molecule has 1 aliphatic rings. The molecule has 8 heteroatoms. The lowest BCUT2D eigenvalue weighted by Crippen LogP contribution is -2.51. The molecule has 24 heavy (non-hydrogen) atoms. The highest BCUT2D eigenvalue weighted by atomic mass is 35.5. The number of methoxy groups -OCH3 is 1. The zero-order valence-corrected chi connectivity index (χ0v) is 14.4. The molecular formula is C16H23ClN4O3. The molecule has 1 aromatic carbocycles. The van der Waals surface area contributed by atoms with Crippen LogP contribution >= 0.6 is 12.4 Å². The van der Waals surface area contributed by atoms with Gasteiger partial charge in [-0.3, -0.25) is 9.69 Å². The average molecular weight is 355 g/mol. The van der Waals surface area contributed by atoms with Crippen molar-refractivity contribution in [2.45, 2.75) is 25.1 Å². The average Bonchev–Trinajstić information content (AvgIpc) is 2.56. The lowest BCUT2D eigenvalue weighted by atomic mass is 10.0. The maximum Gasteiger partial charge on any atom is 0.269 e. The Hall–Kier alpha value is -1.67. The molecule has 0 bridgehead atoms. The number of fused-ring (bicyclic) bond motifs is 1. The number of hydrogen-bond donors (Lipinski definition) is 2. The van der Waals surface area contributed by atoms with E-state index in [-0.39, 0.29) is 24.0 Å². The van der Waals surface area contributed by atoms with Crippen molar-refractivity contribution in [3.8, 4) is 5.75 Å². The quantitative estimate of drug-likeness (QED) is 0.816. The second-order valence-electron chi connectivity index (χ2n) is 5.92. The molecule has 1 saturated heterocycles. The minimum atomic E-state index is -0.505.